The predicted octanol–water partition coefficient (Wildman–Crippen LogP) is 0.892. The molecule has 0 aliphatic heterocycles. The third kappa shape index (κ3) is 4.31. The summed E-state index contributed by atoms with van der Waals surface area (Å²) in [5.41, 5.74) is 0. The Bertz CT molecular complexity index is 28.7. The Hall–Kier alpha value is 0.310. The van der Waals surface area contributed by atoms with E-state index in [-0.39, 0.29) is 5.94 Å². The molecule has 0 aromatic rings. The van der Waals surface area contributed by atoms with Gasteiger partial charge in [0.05, 0.1) is 5.94 Å². The molecule has 6 heavy (non-hydrogen) atoms. The van der Waals surface area contributed by atoms with Gasteiger partial charge in [0.1, 0.15) is 0 Å². The fourth-order valence-electron chi connectivity index (χ4n) is 0.127. The standard InChI is InChI=1S/C4H9OS/c1-4(2)6-3-5/h4-5H,1,3H2,2H3. The fourth-order valence-corrected chi connectivity index (χ4v) is 0.382. The maximum Gasteiger partial charge on any atom is 0.0888 e. The Morgan fingerprint density at radius 1 is 2.00 bits per heavy atom. The van der Waals surface area contributed by atoms with Crippen LogP contribution in [0.4, 0.5) is 0 Å². The second-order valence-corrected chi connectivity index (χ2v) is 2.50. The highest BCUT2D eigenvalue weighted by molar-refractivity contribution is 7.99. The van der Waals surface area contributed by atoms with Crippen LogP contribution in [0.1, 0.15) is 6.92 Å². The summed E-state index contributed by atoms with van der Waals surface area (Å²) >= 11 is 1.43. The summed E-state index contributed by atoms with van der Waals surface area (Å²) in [6.45, 7) is 5.58. The Kier molecular flexibility index (Phi) is 3.68. The molecule has 1 N–H and O–H groups in total. The molecule has 0 bridgehead atoms. The largest absolute Gasteiger partial charge is 0.386 e. The predicted molar refractivity (Wildman–Crippen MR) is 29.5 cm³/mol. The molecule has 0 aromatic carbocycles. The first-order chi connectivity index (χ1) is 2.77. The second kappa shape index (κ2) is 3.50. The van der Waals surface area contributed by atoms with E-state index in [2.05, 4.69) is 6.92 Å². The van der Waals surface area contributed by atoms with Gasteiger partial charge in [0.25, 0.3) is 0 Å². The van der Waals surface area contributed by atoms with Crippen LogP contribution in [0, 0.1) is 6.92 Å². The van der Waals surface area contributed by atoms with E-state index >= 15 is 0 Å². The fraction of sp³-hybridized carbons (Fsp3) is 0.750. The smallest absolute Gasteiger partial charge is 0.0888 e. The minimum absolute atomic E-state index is 0.185. The van der Waals surface area contributed by atoms with Gasteiger partial charge >= 0.3 is 0 Å². The molecular formula is C4H9OS. The summed E-state index contributed by atoms with van der Waals surface area (Å²) in [7, 11) is 0. The molecule has 0 aliphatic rings. The van der Waals surface area contributed by atoms with Crippen molar-refractivity contribution in [2.75, 3.05) is 5.94 Å². The molecule has 0 amide bonds. The van der Waals surface area contributed by atoms with Crippen LogP contribution in [0.5, 0.6) is 0 Å². The lowest BCUT2D eigenvalue weighted by Crippen LogP contribution is -1.86. The monoisotopic (exact) mass is 105 g/mol. The zero-order chi connectivity index (χ0) is 4.99. The minimum Gasteiger partial charge on any atom is -0.386 e. The summed E-state index contributed by atoms with van der Waals surface area (Å²) < 4.78 is 0. The van der Waals surface area contributed by atoms with E-state index in [1.165, 1.54) is 11.8 Å². The average molecular weight is 105 g/mol. The van der Waals surface area contributed by atoms with Crippen molar-refractivity contribution in [1.82, 2.24) is 0 Å². The van der Waals surface area contributed by atoms with Crippen molar-refractivity contribution in [3.05, 3.63) is 6.92 Å². The second-order valence-electron chi connectivity index (χ2n) is 1.11. The minimum atomic E-state index is 0.185. The summed E-state index contributed by atoms with van der Waals surface area (Å²) in [5.74, 6) is 0.185. The first kappa shape index (κ1) is 6.31. The van der Waals surface area contributed by atoms with Crippen LogP contribution in [0.2, 0.25) is 0 Å². The van der Waals surface area contributed by atoms with E-state index in [1.54, 1.807) is 0 Å². The molecule has 0 saturated heterocycles. The highest BCUT2D eigenvalue weighted by Gasteiger charge is 1.86. The summed E-state index contributed by atoms with van der Waals surface area (Å²) in [5, 5.41) is 8.47. The van der Waals surface area contributed by atoms with E-state index in [1.807, 2.05) is 6.92 Å². The van der Waals surface area contributed by atoms with Gasteiger partial charge in [0.2, 0.25) is 0 Å². The molecule has 37 valence electrons. The molecule has 0 fully saturated rings. The van der Waals surface area contributed by atoms with Crippen molar-refractivity contribution in [3.8, 4) is 0 Å². The van der Waals surface area contributed by atoms with Crippen molar-refractivity contribution in [2.45, 2.75) is 12.2 Å². The summed E-state index contributed by atoms with van der Waals surface area (Å²) in [4.78, 5) is 0. The molecule has 1 atom stereocenters. The average Bonchev–Trinajstić information content (AvgIpc) is 1.35. The van der Waals surface area contributed by atoms with E-state index < -0.39 is 0 Å². The molecule has 0 rings (SSSR count). The molecule has 0 aliphatic carbocycles. The van der Waals surface area contributed by atoms with Gasteiger partial charge in [-0.1, -0.05) is 6.92 Å². The lowest BCUT2D eigenvalue weighted by molar-refractivity contribution is 0.375. The van der Waals surface area contributed by atoms with Gasteiger partial charge in [-0.25, -0.2) is 0 Å². The van der Waals surface area contributed by atoms with Crippen LogP contribution in [0.15, 0.2) is 0 Å². The van der Waals surface area contributed by atoms with Gasteiger partial charge in [-0.05, 0) is 6.92 Å². The van der Waals surface area contributed by atoms with Crippen molar-refractivity contribution in [2.24, 2.45) is 0 Å². The highest BCUT2D eigenvalue weighted by atomic mass is 32.2. The van der Waals surface area contributed by atoms with Crippen LogP contribution in [0.3, 0.4) is 0 Å². The van der Waals surface area contributed by atoms with Crippen LogP contribution >= 0.6 is 11.8 Å². The molecule has 0 heterocycles. The normalized spacial score (nSPS) is 10.0. The quantitative estimate of drug-likeness (QED) is 0.526. The van der Waals surface area contributed by atoms with Gasteiger partial charge in [0, 0.05) is 5.25 Å². The third-order valence-electron chi connectivity index (χ3n) is 0.359. The highest BCUT2D eigenvalue weighted by Crippen LogP contribution is 2.04. The lowest BCUT2D eigenvalue weighted by Gasteiger charge is -1.95. The first-order valence-corrected chi connectivity index (χ1v) is 2.87. The van der Waals surface area contributed by atoms with Crippen molar-refractivity contribution < 1.29 is 5.11 Å². The van der Waals surface area contributed by atoms with Crippen LogP contribution in [-0.2, 0) is 0 Å². The van der Waals surface area contributed by atoms with Crippen molar-refractivity contribution in [3.63, 3.8) is 0 Å². The van der Waals surface area contributed by atoms with Gasteiger partial charge < -0.3 is 5.11 Å². The van der Waals surface area contributed by atoms with Crippen LogP contribution in [-0.4, -0.2) is 16.3 Å². The maximum absolute atomic E-state index is 8.16. The molecular weight excluding hydrogens is 96.1 g/mol. The summed E-state index contributed by atoms with van der Waals surface area (Å²) in [6, 6.07) is 0. The van der Waals surface area contributed by atoms with E-state index in [0.29, 0.717) is 5.25 Å². The SMILES string of the molecule is [CH2]C(C)SCO. The Balaban J connectivity index is 2.63. The molecule has 0 spiro atoms. The zero-order valence-electron chi connectivity index (χ0n) is 3.85. The molecule has 1 unspecified atom stereocenters. The summed E-state index contributed by atoms with van der Waals surface area (Å²) in [6.07, 6.45) is 0. The first-order valence-electron chi connectivity index (χ1n) is 1.83. The lowest BCUT2D eigenvalue weighted by atomic mass is 10.6. The molecule has 0 saturated carbocycles. The van der Waals surface area contributed by atoms with E-state index in [0.717, 1.165) is 0 Å². The Morgan fingerprint density at radius 2 is 2.50 bits per heavy atom. The van der Waals surface area contributed by atoms with Crippen molar-refractivity contribution >= 4 is 11.8 Å². The Morgan fingerprint density at radius 3 is 2.50 bits per heavy atom. The maximum atomic E-state index is 8.16. The number of aliphatic hydroxyl groups excluding tert-OH is 1. The number of aliphatic hydroxyl groups is 1. The van der Waals surface area contributed by atoms with Crippen LogP contribution < -0.4 is 0 Å². The van der Waals surface area contributed by atoms with Gasteiger partial charge in [-0.15, -0.1) is 11.8 Å². The number of hydrogen-bond donors (Lipinski definition) is 1. The van der Waals surface area contributed by atoms with Crippen molar-refractivity contribution in [1.29, 1.82) is 0 Å². The van der Waals surface area contributed by atoms with Gasteiger partial charge in [-0.3, -0.25) is 0 Å². The number of hydrogen-bond acceptors (Lipinski definition) is 2. The van der Waals surface area contributed by atoms with Crippen LogP contribution in [0.25, 0.3) is 0 Å². The molecule has 0 aromatic heterocycles. The number of rotatable bonds is 2. The molecule has 1 radical (unpaired) electrons. The zero-order valence-corrected chi connectivity index (χ0v) is 4.66. The molecule has 1 nitrogen and oxygen atoms in total. The third-order valence-corrected chi connectivity index (χ3v) is 1.08. The van der Waals surface area contributed by atoms with Gasteiger partial charge in [0.15, 0.2) is 0 Å². The molecule has 2 heteroatoms. The number of thioether (sulfide) groups is 1. The Labute approximate surface area is 42.8 Å². The van der Waals surface area contributed by atoms with Gasteiger partial charge in [-0.2, -0.15) is 0 Å². The topological polar surface area (TPSA) is 20.2 Å². The van der Waals surface area contributed by atoms with E-state index in [9.17, 15) is 0 Å². The van der Waals surface area contributed by atoms with E-state index in [4.69, 9.17) is 5.11 Å².